The van der Waals surface area contributed by atoms with Crippen LogP contribution in [-0.2, 0) is 19.2 Å². The van der Waals surface area contributed by atoms with Gasteiger partial charge in [-0.15, -0.1) is 0 Å². The van der Waals surface area contributed by atoms with Gasteiger partial charge < -0.3 is 20.2 Å². The van der Waals surface area contributed by atoms with Crippen LogP contribution in [0, 0.1) is 0 Å². The fraction of sp³-hybridized carbons (Fsp3) is 0.789. The van der Waals surface area contributed by atoms with E-state index < -0.39 is 6.04 Å². The summed E-state index contributed by atoms with van der Waals surface area (Å²) in [5, 5.41) is 5.72. The van der Waals surface area contributed by atoms with E-state index >= 15 is 0 Å². The molecular weight excluding hydrogens is 461 g/mol. The number of carbonyl (C=O) groups excluding carboxylic acids is 4. The Morgan fingerprint density at radius 1 is 0.741 bits per heavy atom. The van der Waals surface area contributed by atoms with E-state index in [4.69, 9.17) is 0 Å². The molecule has 2 amide bonds. The Balaban J connectivity index is 3.78. The van der Waals surface area contributed by atoms with Crippen LogP contribution in [0.1, 0.15) is 78.1 Å². The fourth-order valence-corrected chi connectivity index (χ4v) is 3.11. The van der Waals surface area contributed by atoms with Crippen LogP contribution in [0.3, 0.4) is 0 Å². The lowest BCUT2D eigenvalue weighted by molar-refractivity contribution is -0.124. The zero-order valence-electron chi connectivity index (χ0n) is 16.6. The highest BCUT2D eigenvalue weighted by Crippen LogP contribution is 2.03. The molecule has 0 aliphatic carbocycles. The summed E-state index contributed by atoms with van der Waals surface area (Å²) in [5.41, 5.74) is 0. The van der Waals surface area contributed by atoms with E-state index in [1.54, 1.807) is 13.8 Å². The third-order valence-electron chi connectivity index (χ3n) is 4.14. The maximum Gasteiger partial charge on any atom is 0.237 e. The van der Waals surface area contributed by atoms with E-state index in [9.17, 15) is 19.2 Å². The third kappa shape index (κ3) is 16.8. The summed E-state index contributed by atoms with van der Waals surface area (Å²) in [6.07, 6.45) is 7.18. The predicted molar refractivity (Wildman–Crippen MR) is 114 cm³/mol. The standard InChI is InChI=1S/C19H34IN3O4/c1-15(24)9-5-3-7-13-21-18(26)12-11-17(23-20)19(27)22-14-8-4-6-10-16(2)25/h17,23H,3-14H2,1-2H3,(H,21,26)(H,22,27). The summed E-state index contributed by atoms with van der Waals surface area (Å²) < 4.78 is 2.92. The maximum absolute atomic E-state index is 12.1. The van der Waals surface area contributed by atoms with Crippen molar-refractivity contribution < 1.29 is 19.2 Å². The van der Waals surface area contributed by atoms with Crippen LogP contribution in [-0.4, -0.2) is 42.5 Å². The lowest BCUT2D eigenvalue weighted by atomic mass is 10.1. The van der Waals surface area contributed by atoms with Crippen molar-refractivity contribution in [1.29, 1.82) is 0 Å². The van der Waals surface area contributed by atoms with Crippen molar-refractivity contribution in [2.24, 2.45) is 0 Å². The lowest BCUT2D eigenvalue weighted by Gasteiger charge is -2.15. The highest BCUT2D eigenvalue weighted by molar-refractivity contribution is 14.1. The van der Waals surface area contributed by atoms with E-state index in [1.165, 1.54) is 0 Å². The van der Waals surface area contributed by atoms with Crippen molar-refractivity contribution in [3.8, 4) is 0 Å². The Kier molecular flexibility index (Phi) is 16.4. The summed E-state index contributed by atoms with van der Waals surface area (Å²) in [6.45, 7) is 4.36. The lowest BCUT2D eigenvalue weighted by Crippen LogP contribution is -2.41. The van der Waals surface area contributed by atoms with Gasteiger partial charge in [0.1, 0.15) is 11.6 Å². The van der Waals surface area contributed by atoms with Crippen LogP contribution in [0.4, 0.5) is 0 Å². The summed E-state index contributed by atoms with van der Waals surface area (Å²) >= 11 is 1.93. The van der Waals surface area contributed by atoms with Crippen LogP contribution < -0.4 is 14.2 Å². The number of ketones is 2. The second-order valence-corrected chi connectivity index (χ2v) is 7.49. The molecule has 7 nitrogen and oxygen atoms in total. The van der Waals surface area contributed by atoms with E-state index in [0.717, 1.165) is 38.5 Å². The molecule has 0 heterocycles. The Labute approximate surface area is 176 Å². The molecule has 1 atom stereocenters. The first-order chi connectivity index (χ1) is 12.9. The Hall–Kier alpha value is -1.03. The van der Waals surface area contributed by atoms with Crippen LogP contribution in [0.2, 0.25) is 0 Å². The van der Waals surface area contributed by atoms with Gasteiger partial charge in [-0.3, -0.25) is 9.59 Å². The summed E-state index contributed by atoms with van der Waals surface area (Å²) in [4.78, 5) is 45.7. The van der Waals surface area contributed by atoms with Crippen LogP contribution >= 0.6 is 22.9 Å². The highest BCUT2D eigenvalue weighted by Gasteiger charge is 2.17. The number of carbonyl (C=O) groups is 4. The Morgan fingerprint density at radius 3 is 1.74 bits per heavy atom. The molecule has 0 rings (SSSR count). The zero-order valence-corrected chi connectivity index (χ0v) is 18.7. The largest absolute Gasteiger partial charge is 0.356 e. The third-order valence-corrected chi connectivity index (χ3v) is 4.89. The minimum absolute atomic E-state index is 0.0600. The van der Waals surface area contributed by atoms with Crippen molar-refractivity contribution >= 4 is 46.2 Å². The van der Waals surface area contributed by atoms with Crippen molar-refractivity contribution in [2.45, 2.75) is 84.1 Å². The van der Waals surface area contributed by atoms with Gasteiger partial charge in [-0.2, -0.15) is 0 Å². The minimum atomic E-state index is -0.399. The SMILES string of the molecule is CC(=O)CCCCCNC(=O)CCC(NI)C(=O)NCCCCCC(C)=O. The van der Waals surface area contributed by atoms with Gasteiger partial charge in [-0.05, 0) is 46.0 Å². The molecule has 8 heteroatoms. The molecular formula is C19H34IN3O4. The van der Waals surface area contributed by atoms with Crippen LogP contribution in [0.5, 0.6) is 0 Å². The van der Waals surface area contributed by atoms with Crippen molar-refractivity contribution in [2.75, 3.05) is 13.1 Å². The average molecular weight is 495 g/mol. The molecule has 0 spiro atoms. The monoisotopic (exact) mass is 495 g/mol. The van der Waals surface area contributed by atoms with Gasteiger partial charge in [0.15, 0.2) is 0 Å². The van der Waals surface area contributed by atoms with E-state index in [2.05, 4.69) is 14.2 Å². The molecule has 156 valence electrons. The van der Waals surface area contributed by atoms with Gasteiger partial charge in [0.2, 0.25) is 11.8 Å². The summed E-state index contributed by atoms with van der Waals surface area (Å²) in [7, 11) is 0. The van der Waals surface area contributed by atoms with E-state index in [1.807, 2.05) is 22.9 Å². The summed E-state index contributed by atoms with van der Waals surface area (Å²) in [6, 6.07) is -0.399. The minimum Gasteiger partial charge on any atom is -0.356 e. The van der Waals surface area contributed by atoms with E-state index in [-0.39, 0.29) is 23.4 Å². The molecule has 3 N–H and O–H groups in total. The van der Waals surface area contributed by atoms with Crippen LogP contribution in [0.15, 0.2) is 0 Å². The number of halogens is 1. The van der Waals surface area contributed by atoms with Crippen molar-refractivity contribution in [3.63, 3.8) is 0 Å². The maximum atomic E-state index is 12.1. The van der Waals surface area contributed by atoms with Gasteiger partial charge in [0.05, 0.1) is 6.04 Å². The summed E-state index contributed by atoms with van der Waals surface area (Å²) in [5.74, 6) is 0.233. The first-order valence-corrected chi connectivity index (χ1v) is 10.8. The number of Topliss-reactive ketones (excluding diaryl/α,β-unsaturated/α-hetero) is 2. The molecule has 0 aliphatic heterocycles. The first-order valence-electron chi connectivity index (χ1n) is 9.76. The molecule has 0 fully saturated rings. The van der Waals surface area contributed by atoms with Gasteiger partial charge in [0, 0.05) is 55.2 Å². The molecule has 0 saturated carbocycles. The molecule has 0 saturated heterocycles. The molecule has 0 aromatic carbocycles. The van der Waals surface area contributed by atoms with Gasteiger partial charge >= 0.3 is 0 Å². The molecule has 0 radical (unpaired) electrons. The number of nitrogens with one attached hydrogen (secondary N) is 3. The molecule has 0 aromatic rings. The molecule has 0 aromatic heterocycles. The van der Waals surface area contributed by atoms with Crippen molar-refractivity contribution in [1.82, 2.24) is 14.2 Å². The predicted octanol–water partition coefficient (Wildman–Crippen LogP) is 2.61. The second kappa shape index (κ2) is 17.1. The number of rotatable bonds is 17. The topological polar surface area (TPSA) is 104 Å². The van der Waals surface area contributed by atoms with Gasteiger partial charge in [-0.25, -0.2) is 3.53 Å². The Bertz CT molecular complexity index is 472. The second-order valence-electron chi connectivity index (χ2n) is 6.87. The van der Waals surface area contributed by atoms with Crippen molar-refractivity contribution in [3.05, 3.63) is 0 Å². The molecule has 1 unspecified atom stereocenters. The average Bonchev–Trinajstić information content (AvgIpc) is 2.60. The zero-order chi connectivity index (χ0) is 20.5. The number of hydrogen-bond acceptors (Lipinski definition) is 5. The number of unbranched alkanes of at least 4 members (excludes halogenated alkanes) is 4. The Morgan fingerprint density at radius 2 is 1.26 bits per heavy atom. The number of hydrogen-bond donors (Lipinski definition) is 3. The highest BCUT2D eigenvalue weighted by atomic mass is 127. The smallest absolute Gasteiger partial charge is 0.237 e. The van der Waals surface area contributed by atoms with Gasteiger partial charge in [-0.1, -0.05) is 12.8 Å². The van der Waals surface area contributed by atoms with Gasteiger partial charge in [0.25, 0.3) is 0 Å². The quantitative estimate of drug-likeness (QED) is 0.164. The first kappa shape index (κ1) is 26.0. The molecule has 27 heavy (non-hydrogen) atoms. The normalized spacial score (nSPS) is 11.7. The molecule has 0 bridgehead atoms. The van der Waals surface area contributed by atoms with E-state index in [0.29, 0.717) is 38.8 Å². The number of amides is 2. The molecule has 0 aliphatic rings. The fourth-order valence-electron chi connectivity index (χ4n) is 2.51. The van der Waals surface area contributed by atoms with Crippen LogP contribution in [0.25, 0.3) is 0 Å².